The van der Waals surface area contributed by atoms with Crippen LogP contribution >= 0.6 is 11.6 Å². The average molecular weight is 336 g/mol. The molecule has 1 fully saturated rings. The minimum Gasteiger partial charge on any atom is -0.395 e. The van der Waals surface area contributed by atoms with Crippen molar-refractivity contribution in [1.29, 1.82) is 0 Å². The first-order valence-electron chi connectivity index (χ1n) is 7.04. The van der Waals surface area contributed by atoms with Gasteiger partial charge in [0.25, 0.3) is 0 Å². The molecule has 1 saturated carbocycles. The molecule has 0 saturated heterocycles. The molecule has 0 spiro atoms. The molecule has 4 nitrogen and oxygen atoms in total. The van der Waals surface area contributed by atoms with E-state index in [-0.39, 0.29) is 29.1 Å². The van der Waals surface area contributed by atoms with Crippen LogP contribution in [0.1, 0.15) is 32.1 Å². The van der Waals surface area contributed by atoms with Crippen LogP contribution in [0.5, 0.6) is 0 Å². The first-order chi connectivity index (χ1) is 9.96. The normalized spacial score (nSPS) is 17.3. The van der Waals surface area contributed by atoms with Crippen LogP contribution in [-0.2, 0) is 10.0 Å². The average Bonchev–Trinajstić information content (AvgIpc) is 2.48. The molecule has 0 unspecified atom stereocenters. The van der Waals surface area contributed by atoms with Gasteiger partial charge in [0, 0.05) is 12.6 Å². The van der Waals surface area contributed by atoms with Gasteiger partial charge >= 0.3 is 0 Å². The molecule has 1 aromatic carbocycles. The third-order valence-electron chi connectivity index (χ3n) is 3.78. The highest BCUT2D eigenvalue weighted by Crippen LogP contribution is 2.31. The summed E-state index contributed by atoms with van der Waals surface area (Å²) in [4.78, 5) is -0.233. The van der Waals surface area contributed by atoms with E-state index < -0.39 is 15.8 Å². The number of nitrogens with zero attached hydrogens (tertiary/aromatic N) is 1. The second-order valence-corrected chi connectivity index (χ2v) is 7.47. The molecule has 1 aromatic rings. The summed E-state index contributed by atoms with van der Waals surface area (Å²) in [5, 5.41) is 9.18. The smallest absolute Gasteiger partial charge is 0.244 e. The van der Waals surface area contributed by atoms with Gasteiger partial charge in [-0.05, 0) is 31.0 Å². The summed E-state index contributed by atoms with van der Waals surface area (Å²) in [5.74, 6) is -0.648. The van der Waals surface area contributed by atoms with Gasteiger partial charge in [0.15, 0.2) is 0 Å². The van der Waals surface area contributed by atoms with Gasteiger partial charge < -0.3 is 5.11 Å². The molecule has 118 valence electrons. The lowest BCUT2D eigenvalue weighted by Gasteiger charge is -2.33. The molecule has 0 atom stereocenters. The van der Waals surface area contributed by atoms with Crippen LogP contribution in [0.3, 0.4) is 0 Å². The van der Waals surface area contributed by atoms with Crippen LogP contribution in [0.25, 0.3) is 0 Å². The fourth-order valence-corrected chi connectivity index (χ4v) is 4.93. The number of aliphatic hydroxyl groups excluding tert-OH is 1. The molecule has 1 aliphatic carbocycles. The van der Waals surface area contributed by atoms with Gasteiger partial charge in [-0.3, -0.25) is 0 Å². The predicted octanol–water partition coefficient (Wildman–Crippen LogP) is 2.79. The van der Waals surface area contributed by atoms with E-state index in [4.69, 9.17) is 11.6 Å². The lowest BCUT2D eigenvalue weighted by Crippen LogP contribution is -2.43. The van der Waals surface area contributed by atoms with Crippen molar-refractivity contribution in [2.75, 3.05) is 13.2 Å². The molecule has 21 heavy (non-hydrogen) atoms. The van der Waals surface area contributed by atoms with Crippen molar-refractivity contribution >= 4 is 21.6 Å². The van der Waals surface area contributed by atoms with E-state index in [2.05, 4.69) is 0 Å². The highest BCUT2D eigenvalue weighted by atomic mass is 35.5. The lowest BCUT2D eigenvalue weighted by atomic mass is 9.95. The van der Waals surface area contributed by atoms with E-state index in [9.17, 15) is 17.9 Å². The molecule has 0 bridgehead atoms. The lowest BCUT2D eigenvalue weighted by molar-refractivity contribution is 0.199. The third kappa shape index (κ3) is 3.74. The van der Waals surface area contributed by atoms with Crippen molar-refractivity contribution in [2.45, 2.75) is 43.0 Å². The standard InChI is InChI=1S/C14H19ClFNO3S/c15-13-7-6-11(16)10-14(13)21(19,20)17(8-9-18)12-4-2-1-3-5-12/h6-7,10,12,18H,1-5,8-9H2. The number of sulfonamides is 1. The largest absolute Gasteiger partial charge is 0.395 e. The third-order valence-corrected chi connectivity index (χ3v) is 6.22. The molecule has 0 radical (unpaired) electrons. The monoisotopic (exact) mass is 335 g/mol. The van der Waals surface area contributed by atoms with Crippen molar-refractivity contribution in [3.05, 3.63) is 29.0 Å². The number of hydrogen-bond acceptors (Lipinski definition) is 3. The van der Waals surface area contributed by atoms with Crippen LogP contribution in [0.2, 0.25) is 5.02 Å². The van der Waals surface area contributed by atoms with Gasteiger partial charge in [-0.15, -0.1) is 0 Å². The number of aliphatic hydroxyl groups is 1. The first-order valence-corrected chi connectivity index (χ1v) is 8.86. The van der Waals surface area contributed by atoms with Gasteiger partial charge in [-0.2, -0.15) is 4.31 Å². The number of benzene rings is 1. The fourth-order valence-electron chi connectivity index (χ4n) is 2.77. The van der Waals surface area contributed by atoms with Crippen LogP contribution < -0.4 is 0 Å². The van der Waals surface area contributed by atoms with Crippen LogP contribution in [0.4, 0.5) is 4.39 Å². The van der Waals surface area contributed by atoms with E-state index in [1.807, 2.05) is 0 Å². The zero-order valence-corrected chi connectivity index (χ0v) is 13.2. The van der Waals surface area contributed by atoms with Gasteiger partial charge in [0.1, 0.15) is 10.7 Å². The van der Waals surface area contributed by atoms with Crippen molar-refractivity contribution in [3.63, 3.8) is 0 Å². The summed E-state index contributed by atoms with van der Waals surface area (Å²) in [7, 11) is -3.91. The minimum absolute atomic E-state index is 0.000157. The summed E-state index contributed by atoms with van der Waals surface area (Å²) >= 11 is 5.93. The van der Waals surface area contributed by atoms with Crippen molar-refractivity contribution < 1.29 is 17.9 Å². The van der Waals surface area contributed by atoms with Crippen molar-refractivity contribution in [3.8, 4) is 0 Å². The maximum Gasteiger partial charge on any atom is 0.244 e. The Bertz CT molecular complexity index is 588. The van der Waals surface area contributed by atoms with Gasteiger partial charge in [0.2, 0.25) is 10.0 Å². The van der Waals surface area contributed by atoms with E-state index >= 15 is 0 Å². The molecule has 0 heterocycles. The molecular formula is C14H19ClFNO3S. The SMILES string of the molecule is O=S(=O)(c1cc(F)ccc1Cl)N(CCO)C1CCCCC1. The zero-order valence-electron chi connectivity index (χ0n) is 11.6. The molecule has 1 N–H and O–H groups in total. The number of rotatable bonds is 5. The predicted molar refractivity (Wildman–Crippen MR) is 79.3 cm³/mol. The summed E-state index contributed by atoms with van der Waals surface area (Å²) < 4.78 is 40.2. The van der Waals surface area contributed by atoms with Crippen LogP contribution in [-0.4, -0.2) is 37.0 Å². The molecular weight excluding hydrogens is 317 g/mol. The number of halogens is 2. The van der Waals surface area contributed by atoms with Gasteiger partial charge in [-0.25, -0.2) is 12.8 Å². The number of hydrogen-bond donors (Lipinski definition) is 1. The molecule has 2 rings (SSSR count). The Morgan fingerprint density at radius 1 is 1.29 bits per heavy atom. The Hall–Kier alpha value is -0.690. The zero-order chi connectivity index (χ0) is 15.5. The Labute approximate surface area is 129 Å². The maximum atomic E-state index is 13.4. The molecule has 7 heteroatoms. The van der Waals surface area contributed by atoms with E-state index in [0.717, 1.165) is 44.2 Å². The quantitative estimate of drug-likeness (QED) is 0.900. The second kappa shape index (κ2) is 7.05. The van der Waals surface area contributed by atoms with Gasteiger partial charge in [0.05, 0.1) is 11.6 Å². The summed E-state index contributed by atoms with van der Waals surface area (Å²) in [5.41, 5.74) is 0. The van der Waals surface area contributed by atoms with E-state index in [1.54, 1.807) is 0 Å². The highest BCUT2D eigenvalue weighted by molar-refractivity contribution is 7.89. The van der Waals surface area contributed by atoms with Crippen molar-refractivity contribution in [1.82, 2.24) is 4.31 Å². The van der Waals surface area contributed by atoms with E-state index in [0.29, 0.717) is 0 Å². The summed E-state index contributed by atoms with van der Waals surface area (Å²) in [6.07, 6.45) is 4.51. The second-order valence-electron chi connectivity index (χ2n) is 5.21. The summed E-state index contributed by atoms with van der Waals surface area (Å²) in [6, 6.07) is 3.14. The highest BCUT2D eigenvalue weighted by Gasteiger charge is 2.33. The van der Waals surface area contributed by atoms with Crippen LogP contribution in [0.15, 0.2) is 23.1 Å². The topological polar surface area (TPSA) is 57.6 Å². The Balaban J connectivity index is 2.39. The Morgan fingerprint density at radius 2 is 1.95 bits per heavy atom. The van der Waals surface area contributed by atoms with E-state index in [1.165, 1.54) is 10.4 Å². The maximum absolute atomic E-state index is 13.4. The molecule has 0 aromatic heterocycles. The minimum atomic E-state index is -3.91. The Kier molecular flexibility index (Phi) is 5.60. The fraction of sp³-hybridized carbons (Fsp3) is 0.571. The Morgan fingerprint density at radius 3 is 2.57 bits per heavy atom. The molecule has 1 aliphatic rings. The van der Waals surface area contributed by atoms with Crippen molar-refractivity contribution in [2.24, 2.45) is 0 Å². The summed E-state index contributed by atoms with van der Waals surface area (Å²) in [6.45, 7) is -0.275. The van der Waals surface area contributed by atoms with Crippen LogP contribution in [0, 0.1) is 5.82 Å². The van der Waals surface area contributed by atoms with Gasteiger partial charge in [-0.1, -0.05) is 30.9 Å². The first kappa shape index (κ1) is 16.7. The molecule has 0 aliphatic heterocycles. The molecule has 0 amide bonds.